The molecule has 5 nitrogen and oxygen atoms in total. The second kappa shape index (κ2) is 6.48. The summed E-state index contributed by atoms with van der Waals surface area (Å²) in [5, 5.41) is 16.9. The van der Waals surface area contributed by atoms with Gasteiger partial charge in [-0.3, -0.25) is 4.90 Å². The van der Waals surface area contributed by atoms with Gasteiger partial charge in [0.15, 0.2) is 0 Å². The molecule has 0 aromatic carbocycles. The first kappa shape index (κ1) is 14.4. The third-order valence-corrected chi connectivity index (χ3v) is 5.50. The number of hydrogen-bond acceptors (Lipinski definition) is 5. The van der Waals surface area contributed by atoms with Crippen molar-refractivity contribution in [3.8, 4) is 0 Å². The summed E-state index contributed by atoms with van der Waals surface area (Å²) in [5.41, 5.74) is 1.41. The lowest BCUT2D eigenvalue weighted by molar-refractivity contribution is 0.258. The normalized spacial score (nSPS) is 19.6. The standard InChI is InChI=1S/C16H23N5S/c1-3-14(4-1)17-9-15-18-19-16-11-20(6-2-7-21(15)16)10-13-5-8-22-12-13/h5,8,12,14,17H,1-4,6-7,9-11H2. The minimum absolute atomic E-state index is 0.703. The monoisotopic (exact) mass is 317 g/mol. The van der Waals surface area contributed by atoms with Gasteiger partial charge in [0.2, 0.25) is 0 Å². The predicted molar refractivity (Wildman–Crippen MR) is 87.6 cm³/mol. The van der Waals surface area contributed by atoms with Crippen LogP contribution in [0.1, 0.15) is 42.9 Å². The van der Waals surface area contributed by atoms with E-state index >= 15 is 0 Å². The Bertz CT molecular complexity index is 602. The number of fused-ring (bicyclic) bond motifs is 1. The molecule has 22 heavy (non-hydrogen) atoms. The van der Waals surface area contributed by atoms with Crippen molar-refractivity contribution in [1.82, 2.24) is 25.0 Å². The molecule has 118 valence electrons. The van der Waals surface area contributed by atoms with E-state index in [0.29, 0.717) is 6.04 Å². The zero-order valence-electron chi connectivity index (χ0n) is 12.9. The van der Waals surface area contributed by atoms with E-state index in [0.717, 1.165) is 44.4 Å². The number of nitrogens with one attached hydrogen (secondary N) is 1. The maximum atomic E-state index is 4.45. The molecular weight excluding hydrogens is 294 g/mol. The molecule has 3 heterocycles. The summed E-state index contributed by atoms with van der Waals surface area (Å²) in [6.45, 7) is 4.97. The molecule has 0 spiro atoms. The molecule has 0 amide bonds. The van der Waals surface area contributed by atoms with Crippen LogP contribution in [0.3, 0.4) is 0 Å². The van der Waals surface area contributed by atoms with Gasteiger partial charge in [0.05, 0.1) is 13.1 Å². The van der Waals surface area contributed by atoms with Gasteiger partial charge in [-0.2, -0.15) is 11.3 Å². The lowest BCUT2D eigenvalue weighted by atomic mass is 9.93. The Labute approximate surface area is 135 Å². The van der Waals surface area contributed by atoms with Gasteiger partial charge in [-0.25, -0.2) is 0 Å². The first-order chi connectivity index (χ1) is 10.9. The molecule has 1 saturated carbocycles. The highest BCUT2D eigenvalue weighted by molar-refractivity contribution is 7.07. The number of nitrogens with zero attached hydrogens (tertiary/aromatic N) is 4. The fraction of sp³-hybridized carbons (Fsp3) is 0.625. The second-order valence-electron chi connectivity index (χ2n) is 6.39. The van der Waals surface area contributed by atoms with Gasteiger partial charge >= 0.3 is 0 Å². The van der Waals surface area contributed by atoms with Crippen molar-refractivity contribution in [2.75, 3.05) is 6.54 Å². The summed E-state index contributed by atoms with van der Waals surface area (Å²) in [4.78, 5) is 2.48. The van der Waals surface area contributed by atoms with Crippen molar-refractivity contribution >= 4 is 11.3 Å². The van der Waals surface area contributed by atoms with Crippen molar-refractivity contribution in [2.24, 2.45) is 0 Å². The summed E-state index contributed by atoms with van der Waals surface area (Å²) >= 11 is 1.77. The summed E-state index contributed by atoms with van der Waals surface area (Å²) in [6.07, 6.45) is 5.17. The number of thiophene rings is 1. The first-order valence-electron chi connectivity index (χ1n) is 8.26. The largest absolute Gasteiger partial charge is 0.313 e. The van der Waals surface area contributed by atoms with Crippen molar-refractivity contribution < 1.29 is 0 Å². The average Bonchev–Trinajstić information content (AvgIpc) is 3.04. The molecule has 6 heteroatoms. The highest BCUT2D eigenvalue weighted by atomic mass is 32.1. The summed E-state index contributed by atoms with van der Waals surface area (Å²) in [5.74, 6) is 2.23. The molecule has 0 atom stereocenters. The SMILES string of the molecule is c1cc(CN2CCCn3c(CNC4CCC4)nnc3C2)cs1. The predicted octanol–water partition coefficient (Wildman–Crippen LogP) is 2.39. The van der Waals surface area contributed by atoms with E-state index in [2.05, 4.69) is 41.8 Å². The zero-order valence-corrected chi connectivity index (χ0v) is 13.7. The van der Waals surface area contributed by atoms with Crippen LogP contribution < -0.4 is 5.32 Å². The highest BCUT2D eigenvalue weighted by Gasteiger charge is 2.21. The molecule has 2 aliphatic rings. The van der Waals surface area contributed by atoms with Crippen LogP contribution in [0.4, 0.5) is 0 Å². The van der Waals surface area contributed by atoms with Gasteiger partial charge in [0.25, 0.3) is 0 Å². The molecule has 0 radical (unpaired) electrons. The number of hydrogen-bond donors (Lipinski definition) is 1. The number of rotatable bonds is 5. The van der Waals surface area contributed by atoms with E-state index in [1.165, 1.54) is 31.2 Å². The Hall–Kier alpha value is -1.24. The Kier molecular flexibility index (Phi) is 4.23. The molecular formula is C16H23N5S. The fourth-order valence-electron chi connectivity index (χ4n) is 3.23. The lowest BCUT2D eigenvalue weighted by Gasteiger charge is -2.26. The smallest absolute Gasteiger partial charge is 0.147 e. The molecule has 2 aromatic rings. The minimum atomic E-state index is 0.703. The second-order valence-corrected chi connectivity index (χ2v) is 7.17. The Morgan fingerprint density at radius 1 is 1.23 bits per heavy atom. The van der Waals surface area contributed by atoms with Crippen LogP contribution in [0.25, 0.3) is 0 Å². The van der Waals surface area contributed by atoms with Gasteiger partial charge in [-0.05, 0) is 41.7 Å². The van der Waals surface area contributed by atoms with Crippen LogP contribution in [0, 0.1) is 0 Å². The fourth-order valence-corrected chi connectivity index (χ4v) is 3.89. The van der Waals surface area contributed by atoms with Crippen LogP contribution in [-0.4, -0.2) is 32.3 Å². The van der Waals surface area contributed by atoms with Crippen LogP contribution in [0.2, 0.25) is 0 Å². The van der Waals surface area contributed by atoms with E-state index in [4.69, 9.17) is 0 Å². The maximum Gasteiger partial charge on any atom is 0.147 e. The molecule has 2 aromatic heterocycles. The van der Waals surface area contributed by atoms with Gasteiger partial charge < -0.3 is 9.88 Å². The quantitative estimate of drug-likeness (QED) is 0.920. The summed E-state index contributed by atoms with van der Waals surface area (Å²) in [6, 6.07) is 2.92. The van der Waals surface area contributed by atoms with E-state index < -0.39 is 0 Å². The summed E-state index contributed by atoms with van der Waals surface area (Å²) in [7, 11) is 0. The highest BCUT2D eigenvalue weighted by Crippen LogP contribution is 2.20. The van der Waals surface area contributed by atoms with Crippen LogP contribution in [0.15, 0.2) is 16.8 Å². The Morgan fingerprint density at radius 3 is 2.95 bits per heavy atom. The summed E-state index contributed by atoms with van der Waals surface area (Å²) < 4.78 is 2.33. The van der Waals surface area contributed by atoms with Gasteiger partial charge in [-0.15, -0.1) is 10.2 Å². The van der Waals surface area contributed by atoms with Gasteiger partial charge in [0.1, 0.15) is 11.6 Å². The Morgan fingerprint density at radius 2 is 2.18 bits per heavy atom. The van der Waals surface area contributed by atoms with Crippen LogP contribution >= 0.6 is 11.3 Å². The third kappa shape index (κ3) is 3.09. The third-order valence-electron chi connectivity index (χ3n) is 4.77. The molecule has 0 bridgehead atoms. The van der Waals surface area contributed by atoms with Crippen LogP contribution in [0.5, 0.6) is 0 Å². The molecule has 0 saturated heterocycles. The average molecular weight is 317 g/mol. The maximum absolute atomic E-state index is 4.45. The Balaban J connectivity index is 1.41. The lowest BCUT2D eigenvalue weighted by Crippen LogP contribution is -2.35. The number of aromatic nitrogens is 3. The first-order valence-corrected chi connectivity index (χ1v) is 9.20. The van der Waals surface area contributed by atoms with Crippen molar-refractivity contribution in [3.63, 3.8) is 0 Å². The van der Waals surface area contributed by atoms with E-state index in [1.807, 2.05) is 0 Å². The molecule has 0 unspecified atom stereocenters. The molecule has 4 rings (SSSR count). The van der Waals surface area contributed by atoms with Crippen LogP contribution in [-0.2, 0) is 26.2 Å². The van der Waals surface area contributed by atoms with E-state index in [1.54, 1.807) is 11.3 Å². The molecule has 1 aliphatic heterocycles. The zero-order chi connectivity index (χ0) is 14.8. The van der Waals surface area contributed by atoms with E-state index in [9.17, 15) is 0 Å². The van der Waals surface area contributed by atoms with Crippen molar-refractivity contribution in [1.29, 1.82) is 0 Å². The molecule has 1 aliphatic carbocycles. The van der Waals surface area contributed by atoms with Crippen molar-refractivity contribution in [2.45, 2.75) is 57.9 Å². The van der Waals surface area contributed by atoms with Gasteiger partial charge in [0, 0.05) is 25.7 Å². The van der Waals surface area contributed by atoms with Crippen molar-refractivity contribution in [3.05, 3.63) is 34.0 Å². The molecule has 1 fully saturated rings. The van der Waals surface area contributed by atoms with E-state index in [-0.39, 0.29) is 0 Å². The van der Waals surface area contributed by atoms with Gasteiger partial charge in [-0.1, -0.05) is 6.42 Å². The molecule has 1 N–H and O–H groups in total. The minimum Gasteiger partial charge on any atom is -0.313 e. The topological polar surface area (TPSA) is 46.0 Å².